The molecule has 1 rings (SSSR count). The fraction of sp³-hybridized carbons (Fsp3) is 0.500. The van der Waals surface area contributed by atoms with Gasteiger partial charge in [-0.15, -0.1) is 12.4 Å². The van der Waals surface area contributed by atoms with Gasteiger partial charge in [0.25, 0.3) is 0 Å². The lowest BCUT2D eigenvalue weighted by atomic mass is 10.0. The van der Waals surface area contributed by atoms with Crippen molar-refractivity contribution in [2.45, 2.75) is 32.0 Å². The van der Waals surface area contributed by atoms with Gasteiger partial charge in [0, 0.05) is 18.0 Å². The largest absolute Gasteiger partial charge is 0.504 e. The fourth-order valence-electron chi connectivity index (χ4n) is 1.59. The second-order valence-corrected chi connectivity index (χ2v) is 3.89. The number of hydrogen-bond donors (Lipinski definition) is 2. The Kier molecular flexibility index (Phi) is 7.00. The lowest BCUT2D eigenvalue weighted by Gasteiger charge is -2.16. The number of phenols is 1. The van der Waals surface area contributed by atoms with Crippen molar-refractivity contribution in [1.29, 1.82) is 0 Å². The predicted octanol–water partition coefficient (Wildman–Crippen LogP) is 3.56. The van der Waals surface area contributed by atoms with Crippen molar-refractivity contribution in [2.75, 3.05) is 6.61 Å². The number of ether oxygens (including phenoxy) is 1. The van der Waals surface area contributed by atoms with Gasteiger partial charge >= 0.3 is 6.18 Å². The van der Waals surface area contributed by atoms with E-state index in [4.69, 9.17) is 10.5 Å². The molecule has 0 aliphatic carbocycles. The molecule has 1 aromatic carbocycles. The van der Waals surface area contributed by atoms with E-state index >= 15 is 0 Å². The normalized spacial score (nSPS) is 12.7. The zero-order valence-electron chi connectivity index (χ0n) is 10.4. The Morgan fingerprint density at radius 2 is 2.00 bits per heavy atom. The van der Waals surface area contributed by atoms with Crippen LogP contribution in [0.15, 0.2) is 18.2 Å². The van der Waals surface area contributed by atoms with Crippen LogP contribution in [-0.2, 0) is 0 Å². The number of para-hydroxylation sites is 1. The van der Waals surface area contributed by atoms with Crippen LogP contribution in [-0.4, -0.2) is 17.9 Å². The van der Waals surface area contributed by atoms with Crippen molar-refractivity contribution in [3.8, 4) is 11.5 Å². The summed E-state index contributed by atoms with van der Waals surface area (Å²) in [6.45, 7) is 2.10. The number of aromatic hydroxyl groups is 1. The Balaban J connectivity index is 0.00000324. The summed E-state index contributed by atoms with van der Waals surface area (Å²) in [5.74, 6) is 0.0477. The topological polar surface area (TPSA) is 55.5 Å². The van der Waals surface area contributed by atoms with Crippen molar-refractivity contribution in [1.82, 2.24) is 0 Å². The average Bonchev–Trinajstić information content (AvgIpc) is 2.28. The highest BCUT2D eigenvalue weighted by Crippen LogP contribution is 2.35. The molecule has 0 aromatic heterocycles. The third-order valence-electron chi connectivity index (χ3n) is 2.47. The summed E-state index contributed by atoms with van der Waals surface area (Å²) in [5, 5.41) is 9.83. The van der Waals surface area contributed by atoms with Crippen LogP contribution in [0.2, 0.25) is 0 Å². The van der Waals surface area contributed by atoms with Crippen LogP contribution in [0.25, 0.3) is 0 Å². The molecule has 0 spiro atoms. The molecule has 0 heterocycles. The third kappa shape index (κ3) is 5.57. The van der Waals surface area contributed by atoms with E-state index in [0.717, 1.165) is 0 Å². The minimum Gasteiger partial charge on any atom is -0.504 e. The molecule has 0 radical (unpaired) electrons. The van der Waals surface area contributed by atoms with Crippen molar-refractivity contribution < 1.29 is 23.0 Å². The van der Waals surface area contributed by atoms with Gasteiger partial charge in [-0.25, -0.2) is 0 Å². The minimum absolute atomic E-state index is 0. The summed E-state index contributed by atoms with van der Waals surface area (Å²) in [4.78, 5) is 0. The zero-order chi connectivity index (χ0) is 13.8. The second-order valence-electron chi connectivity index (χ2n) is 3.89. The summed E-state index contributed by atoms with van der Waals surface area (Å²) >= 11 is 0. The summed E-state index contributed by atoms with van der Waals surface area (Å²) < 4.78 is 41.4. The molecular formula is C12H17ClF3NO2. The van der Waals surface area contributed by atoms with Crippen molar-refractivity contribution >= 4 is 12.4 Å². The maximum absolute atomic E-state index is 12.1. The van der Waals surface area contributed by atoms with Gasteiger partial charge in [-0.3, -0.25) is 0 Å². The number of benzene rings is 1. The van der Waals surface area contributed by atoms with Crippen LogP contribution < -0.4 is 10.5 Å². The van der Waals surface area contributed by atoms with E-state index in [1.54, 1.807) is 19.1 Å². The van der Waals surface area contributed by atoms with Crippen LogP contribution in [0, 0.1) is 0 Å². The molecule has 7 heteroatoms. The molecule has 1 aromatic rings. The Bertz CT molecular complexity index is 399. The maximum atomic E-state index is 12.1. The van der Waals surface area contributed by atoms with Crippen LogP contribution in [0.3, 0.4) is 0 Å². The molecule has 1 atom stereocenters. The van der Waals surface area contributed by atoms with Gasteiger partial charge in [-0.1, -0.05) is 12.1 Å². The Morgan fingerprint density at radius 3 is 2.53 bits per heavy atom. The standard InChI is InChI=1S/C12H16F3NO2.ClH/c1-2-18-10-5-3-4-8(11(10)17)9(16)6-7-12(13,14)15;/h3-5,9,17H,2,6-7,16H2,1H3;1H/t9-;/m0./s1. The SMILES string of the molecule is CCOc1cccc([C@@H](N)CCC(F)(F)F)c1O.Cl. The molecule has 0 unspecified atom stereocenters. The highest BCUT2D eigenvalue weighted by Gasteiger charge is 2.28. The van der Waals surface area contributed by atoms with Gasteiger partial charge in [0.05, 0.1) is 6.61 Å². The molecule has 3 N–H and O–H groups in total. The molecule has 110 valence electrons. The van der Waals surface area contributed by atoms with Crippen molar-refractivity contribution in [3.63, 3.8) is 0 Å². The zero-order valence-corrected chi connectivity index (χ0v) is 11.2. The highest BCUT2D eigenvalue weighted by molar-refractivity contribution is 5.85. The lowest BCUT2D eigenvalue weighted by molar-refractivity contribution is -0.136. The lowest BCUT2D eigenvalue weighted by Crippen LogP contribution is -2.16. The number of hydrogen-bond acceptors (Lipinski definition) is 3. The van der Waals surface area contributed by atoms with Gasteiger partial charge in [0.15, 0.2) is 11.5 Å². The first-order valence-electron chi connectivity index (χ1n) is 5.62. The molecular weight excluding hydrogens is 283 g/mol. The summed E-state index contributed by atoms with van der Waals surface area (Å²) in [7, 11) is 0. The predicted molar refractivity (Wildman–Crippen MR) is 68.7 cm³/mol. The van der Waals surface area contributed by atoms with Gasteiger partial charge in [-0.05, 0) is 19.4 Å². The Hall–Kier alpha value is -1.14. The molecule has 0 aliphatic rings. The number of halogens is 4. The minimum atomic E-state index is -4.25. The van der Waals surface area contributed by atoms with Crippen LogP contribution in [0.5, 0.6) is 11.5 Å². The van der Waals surface area contributed by atoms with Crippen LogP contribution >= 0.6 is 12.4 Å². The van der Waals surface area contributed by atoms with Crippen LogP contribution in [0.1, 0.15) is 31.4 Å². The monoisotopic (exact) mass is 299 g/mol. The van der Waals surface area contributed by atoms with E-state index in [1.165, 1.54) is 6.07 Å². The second kappa shape index (κ2) is 7.45. The number of nitrogens with two attached hydrogens (primary N) is 1. The van der Waals surface area contributed by atoms with E-state index in [0.29, 0.717) is 6.61 Å². The Labute approximate surface area is 116 Å². The van der Waals surface area contributed by atoms with E-state index in [-0.39, 0.29) is 35.9 Å². The summed E-state index contributed by atoms with van der Waals surface area (Å²) in [6.07, 6.45) is -5.50. The van der Waals surface area contributed by atoms with Crippen molar-refractivity contribution in [2.24, 2.45) is 5.73 Å². The molecule has 0 aliphatic heterocycles. The van der Waals surface area contributed by atoms with Crippen LogP contribution in [0.4, 0.5) is 13.2 Å². The molecule has 0 saturated heterocycles. The van der Waals surface area contributed by atoms with Gasteiger partial charge < -0.3 is 15.6 Å². The van der Waals surface area contributed by atoms with Gasteiger partial charge in [0.2, 0.25) is 0 Å². The first-order chi connectivity index (χ1) is 8.35. The molecule has 0 amide bonds. The molecule has 0 bridgehead atoms. The van der Waals surface area contributed by atoms with E-state index < -0.39 is 18.6 Å². The first-order valence-corrected chi connectivity index (χ1v) is 5.62. The van der Waals surface area contributed by atoms with E-state index in [9.17, 15) is 18.3 Å². The Morgan fingerprint density at radius 1 is 1.37 bits per heavy atom. The van der Waals surface area contributed by atoms with E-state index in [2.05, 4.69) is 0 Å². The smallest absolute Gasteiger partial charge is 0.389 e. The summed E-state index contributed by atoms with van der Waals surface area (Å²) in [6, 6.07) is 3.76. The summed E-state index contributed by atoms with van der Waals surface area (Å²) in [5.41, 5.74) is 5.92. The number of phenolic OH excluding ortho intramolecular Hbond substituents is 1. The maximum Gasteiger partial charge on any atom is 0.389 e. The van der Waals surface area contributed by atoms with Gasteiger partial charge in [-0.2, -0.15) is 13.2 Å². The molecule has 19 heavy (non-hydrogen) atoms. The highest BCUT2D eigenvalue weighted by atomic mass is 35.5. The van der Waals surface area contributed by atoms with E-state index in [1.807, 2.05) is 0 Å². The quantitative estimate of drug-likeness (QED) is 0.874. The number of rotatable bonds is 5. The fourth-order valence-corrected chi connectivity index (χ4v) is 1.59. The van der Waals surface area contributed by atoms with Crippen molar-refractivity contribution in [3.05, 3.63) is 23.8 Å². The number of alkyl halides is 3. The molecule has 0 saturated carbocycles. The molecule has 0 fully saturated rings. The van der Waals surface area contributed by atoms with Gasteiger partial charge in [0.1, 0.15) is 0 Å². The third-order valence-corrected chi connectivity index (χ3v) is 2.47. The molecule has 3 nitrogen and oxygen atoms in total. The average molecular weight is 300 g/mol. The first kappa shape index (κ1) is 17.9.